The zero-order valence-corrected chi connectivity index (χ0v) is 20.2. The number of Topliss-reactive ketones (excluding diaryl/α,β-unsaturated/α-hetero) is 1. The van der Waals surface area contributed by atoms with E-state index in [2.05, 4.69) is 6.07 Å². The molecule has 0 aromatic heterocycles. The van der Waals surface area contributed by atoms with E-state index in [0.717, 1.165) is 16.3 Å². The molecule has 3 aromatic carbocycles. The lowest BCUT2D eigenvalue weighted by atomic mass is 9.81. The third-order valence-electron chi connectivity index (χ3n) is 6.07. The van der Waals surface area contributed by atoms with Gasteiger partial charge in [0, 0.05) is 42.9 Å². The van der Waals surface area contributed by atoms with Gasteiger partial charge < -0.3 is 14.0 Å². The summed E-state index contributed by atoms with van der Waals surface area (Å²) in [5.74, 6) is 0.138. The summed E-state index contributed by atoms with van der Waals surface area (Å²) < 4.78 is 5.74. The number of likely N-dealkylation sites (N-methyl/N-ethyl adjacent to an activating group) is 1. The lowest BCUT2D eigenvalue weighted by molar-refractivity contribution is -0.122. The Kier molecular flexibility index (Phi) is 5.67. The molecule has 6 nitrogen and oxygen atoms in total. The molecule has 1 amide bonds. The van der Waals surface area contributed by atoms with Crippen molar-refractivity contribution in [3.8, 4) is 11.8 Å². The van der Waals surface area contributed by atoms with E-state index in [0.29, 0.717) is 22.4 Å². The monoisotopic (exact) mass is 479 g/mol. The summed E-state index contributed by atoms with van der Waals surface area (Å²) >= 11 is 1.23. The van der Waals surface area contributed by atoms with Gasteiger partial charge in [0.1, 0.15) is 11.8 Å². The molecular weight excluding hydrogens is 458 g/mol. The number of para-hydroxylation sites is 1. The lowest BCUT2D eigenvalue weighted by Crippen LogP contribution is -2.22. The normalized spacial score (nSPS) is 14.6. The number of amides is 1. The molecule has 0 saturated carbocycles. The number of carbonyl (C=O) groups is 2. The maximum atomic E-state index is 13.7. The number of hydrogen-bond acceptors (Lipinski definition) is 6. The van der Waals surface area contributed by atoms with Crippen LogP contribution in [-0.2, 0) is 4.79 Å². The summed E-state index contributed by atoms with van der Waals surface area (Å²) in [6.45, 7) is 0. The highest BCUT2D eigenvalue weighted by atomic mass is 32.2. The minimum absolute atomic E-state index is 0.172. The Morgan fingerprint density at radius 1 is 0.914 bits per heavy atom. The Labute approximate surface area is 207 Å². The van der Waals surface area contributed by atoms with Crippen molar-refractivity contribution in [1.29, 1.82) is 5.26 Å². The van der Waals surface area contributed by atoms with Crippen molar-refractivity contribution in [1.82, 2.24) is 4.90 Å². The molecule has 0 spiro atoms. The molecular formula is C28H21N3O3S. The fraction of sp³-hybridized carbons (Fsp3) is 0.107. The number of nitriles is 1. The van der Waals surface area contributed by atoms with Gasteiger partial charge in [0.2, 0.25) is 0 Å². The summed E-state index contributed by atoms with van der Waals surface area (Å²) in [5.41, 5.74) is 3.67. The largest absolute Gasteiger partial charge is 0.421 e. The van der Waals surface area contributed by atoms with Crippen molar-refractivity contribution < 1.29 is 13.8 Å². The summed E-state index contributed by atoms with van der Waals surface area (Å²) in [5, 5.41) is 9.96. The molecule has 1 heterocycles. The molecule has 1 aliphatic carbocycles. The van der Waals surface area contributed by atoms with Crippen molar-refractivity contribution in [2.45, 2.75) is 4.90 Å². The predicted molar refractivity (Wildman–Crippen MR) is 137 cm³/mol. The standard InChI is InChI=1S/C28H21N3O3S/c1-30(2)18-11-14-21-22(15-18)27(32)25-24(23(21)16-29)28(33)31(3)26(25)17-9-12-20(13-10-17)35-34-19-7-5-4-6-8-19/h4-15H,1-3H3. The average molecular weight is 480 g/mol. The zero-order valence-electron chi connectivity index (χ0n) is 19.4. The molecule has 0 fully saturated rings. The first-order valence-corrected chi connectivity index (χ1v) is 11.7. The Hall–Kier alpha value is -4.28. The molecule has 0 unspecified atom stereocenters. The van der Waals surface area contributed by atoms with Crippen LogP contribution < -0.4 is 9.08 Å². The van der Waals surface area contributed by atoms with E-state index in [4.69, 9.17) is 4.18 Å². The Morgan fingerprint density at radius 2 is 1.63 bits per heavy atom. The van der Waals surface area contributed by atoms with Crippen molar-refractivity contribution in [3.63, 3.8) is 0 Å². The summed E-state index contributed by atoms with van der Waals surface area (Å²) in [6, 6.07) is 24.5. The van der Waals surface area contributed by atoms with Crippen LogP contribution in [0.4, 0.5) is 5.69 Å². The SMILES string of the molecule is CN1C(=O)C2=C(C#N)c3ccc(N(C)C)cc3C(=O)C2=C1c1ccc(SOc2ccccc2)cc1. The van der Waals surface area contributed by atoms with Crippen molar-refractivity contribution in [3.05, 3.63) is 101 Å². The van der Waals surface area contributed by atoms with E-state index in [1.807, 2.05) is 79.7 Å². The van der Waals surface area contributed by atoms with Gasteiger partial charge in [-0.25, -0.2) is 0 Å². The molecule has 7 heteroatoms. The van der Waals surface area contributed by atoms with Crippen LogP contribution in [0.3, 0.4) is 0 Å². The Bertz CT molecular complexity index is 1470. The van der Waals surface area contributed by atoms with Gasteiger partial charge in [0.05, 0.1) is 34.5 Å². The van der Waals surface area contributed by atoms with E-state index < -0.39 is 0 Å². The first-order valence-electron chi connectivity index (χ1n) is 10.9. The Morgan fingerprint density at radius 3 is 2.29 bits per heavy atom. The molecule has 5 rings (SSSR count). The first kappa shape index (κ1) is 22.5. The third-order valence-corrected chi connectivity index (χ3v) is 6.81. The van der Waals surface area contributed by atoms with E-state index in [1.165, 1.54) is 16.9 Å². The second-order valence-electron chi connectivity index (χ2n) is 8.41. The topological polar surface area (TPSA) is 73.6 Å². The number of benzene rings is 3. The number of hydrogen-bond donors (Lipinski definition) is 0. The highest BCUT2D eigenvalue weighted by Gasteiger charge is 2.43. The predicted octanol–water partition coefficient (Wildman–Crippen LogP) is 5.20. The molecule has 0 saturated heterocycles. The van der Waals surface area contributed by atoms with Crippen LogP contribution in [0.1, 0.15) is 21.5 Å². The third kappa shape index (κ3) is 3.78. The summed E-state index contributed by atoms with van der Waals surface area (Å²) in [7, 11) is 5.41. The molecule has 0 atom stereocenters. The maximum absolute atomic E-state index is 13.7. The van der Waals surface area contributed by atoms with Gasteiger partial charge in [-0.15, -0.1) is 0 Å². The number of ketones is 1. The number of allylic oxidation sites excluding steroid dienone is 1. The van der Waals surface area contributed by atoms with Gasteiger partial charge in [-0.2, -0.15) is 5.26 Å². The number of nitrogens with zero attached hydrogens (tertiary/aromatic N) is 3. The van der Waals surface area contributed by atoms with Crippen LogP contribution in [-0.4, -0.2) is 37.7 Å². The van der Waals surface area contributed by atoms with Crippen LogP contribution in [0.15, 0.2) is 88.8 Å². The van der Waals surface area contributed by atoms with Gasteiger partial charge >= 0.3 is 0 Å². The van der Waals surface area contributed by atoms with Crippen LogP contribution in [0.2, 0.25) is 0 Å². The van der Waals surface area contributed by atoms with Gasteiger partial charge in [-0.3, -0.25) is 9.59 Å². The fourth-order valence-electron chi connectivity index (χ4n) is 4.30. The van der Waals surface area contributed by atoms with Crippen LogP contribution in [0.5, 0.6) is 5.75 Å². The maximum Gasteiger partial charge on any atom is 0.260 e. The number of anilines is 1. The van der Waals surface area contributed by atoms with Gasteiger partial charge in [0.25, 0.3) is 5.91 Å². The molecule has 0 N–H and O–H groups in total. The van der Waals surface area contributed by atoms with E-state index in [1.54, 1.807) is 19.2 Å². The quantitative estimate of drug-likeness (QED) is 0.469. The average Bonchev–Trinajstić information content (AvgIpc) is 3.14. The molecule has 172 valence electrons. The van der Waals surface area contributed by atoms with Gasteiger partial charge in [-0.1, -0.05) is 36.4 Å². The minimum atomic E-state index is -0.354. The van der Waals surface area contributed by atoms with Gasteiger partial charge in [0.15, 0.2) is 5.78 Å². The fourth-order valence-corrected chi connectivity index (χ4v) is 4.85. The summed E-state index contributed by atoms with van der Waals surface area (Å²) in [4.78, 5) is 31.2. The van der Waals surface area contributed by atoms with E-state index in [-0.39, 0.29) is 28.4 Å². The molecule has 35 heavy (non-hydrogen) atoms. The smallest absolute Gasteiger partial charge is 0.260 e. The number of rotatable bonds is 5. The van der Waals surface area contributed by atoms with Crippen molar-refractivity contribution in [2.24, 2.45) is 0 Å². The highest BCUT2D eigenvalue weighted by Crippen LogP contribution is 2.45. The first-order chi connectivity index (χ1) is 16.9. The second-order valence-corrected chi connectivity index (χ2v) is 9.21. The molecule has 1 aliphatic heterocycles. The van der Waals surface area contributed by atoms with E-state index >= 15 is 0 Å². The van der Waals surface area contributed by atoms with Crippen molar-refractivity contribution in [2.75, 3.05) is 26.0 Å². The number of fused-ring (bicyclic) bond motifs is 2. The van der Waals surface area contributed by atoms with Crippen LogP contribution >= 0.6 is 12.0 Å². The molecule has 3 aromatic rings. The second kappa shape index (κ2) is 8.82. The molecule has 0 bridgehead atoms. The number of carbonyl (C=O) groups excluding carboxylic acids is 2. The minimum Gasteiger partial charge on any atom is -0.421 e. The van der Waals surface area contributed by atoms with Crippen molar-refractivity contribution >= 4 is 40.7 Å². The van der Waals surface area contributed by atoms with Gasteiger partial charge in [-0.05, 0) is 42.0 Å². The highest BCUT2D eigenvalue weighted by molar-refractivity contribution is 7.95. The zero-order chi connectivity index (χ0) is 24.7. The van der Waals surface area contributed by atoms with E-state index in [9.17, 15) is 14.9 Å². The molecule has 2 aliphatic rings. The summed E-state index contributed by atoms with van der Waals surface area (Å²) in [6.07, 6.45) is 0. The molecule has 0 radical (unpaired) electrons. The van der Waals surface area contributed by atoms with Crippen LogP contribution in [0, 0.1) is 11.3 Å². The van der Waals surface area contributed by atoms with Crippen LogP contribution in [0.25, 0.3) is 11.3 Å². The lowest BCUT2D eigenvalue weighted by Gasteiger charge is -2.20. The Balaban J connectivity index is 1.57.